The van der Waals surface area contributed by atoms with Crippen LogP contribution in [0.2, 0.25) is 0 Å². The van der Waals surface area contributed by atoms with Crippen molar-refractivity contribution >= 4 is 35.0 Å². The van der Waals surface area contributed by atoms with Crippen LogP contribution in [0.1, 0.15) is 48.1 Å². The van der Waals surface area contributed by atoms with Crippen molar-refractivity contribution in [3.8, 4) is 11.4 Å². The number of alkyl halides is 1. The molecule has 2 aliphatic carbocycles. The molecule has 2 aliphatic rings. The lowest BCUT2D eigenvalue weighted by Crippen LogP contribution is -2.30. The first-order valence-corrected chi connectivity index (χ1v) is 9.98. The van der Waals surface area contributed by atoms with Crippen molar-refractivity contribution in [1.29, 1.82) is 0 Å². The van der Waals surface area contributed by atoms with E-state index in [1.807, 2.05) is 6.08 Å². The van der Waals surface area contributed by atoms with Crippen LogP contribution < -0.4 is 10.3 Å². The van der Waals surface area contributed by atoms with Gasteiger partial charge in [0.15, 0.2) is 23.0 Å². The number of halogens is 1. The molecule has 1 saturated carbocycles. The summed E-state index contributed by atoms with van der Waals surface area (Å²) in [6.07, 6.45) is 4.80. The van der Waals surface area contributed by atoms with E-state index in [-0.39, 0.29) is 24.1 Å². The lowest BCUT2D eigenvalue weighted by molar-refractivity contribution is -0.123. The summed E-state index contributed by atoms with van der Waals surface area (Å²) in [4.78, 5) is 42.2. The smallest absolute Gasteiger partial charge is 0.285 e. The first-order valence-electron chi connectivity index (χ1n) is 9.54. The number of aromatic nitrogens is 2. The van der Waals surface area contributed by atoms with Crippen LogP contribution >= 0.6 is 11.6 Å². The number of Topliss-reactive ketones (excluding diaryl/α,β-unsaturated/α-hetero) is 2. The second kappa shape index (κ2) is 7.91. The quantitative estimate of drug-likeness (QED) is 0.349. The van der Waals surface area contributed by atoms with Crippen LogP contribution in [0.4, 0.5) is 0 Å². The van der Waals surface area contributed by atoms with Gasteiger partial charge in [-0.25, -0.2) is 4.98 Å². The van der Waals surface area contributed by atoms with Gasteiger partial charge in [0.05, 0.1) is 23.9 Å². The molecule has 154 valence electrons. The summed E-state index contributed by atoms with van der Waals surface area (Å²) in [6.45, 7) is 0. The summed E-state index contributed by atoms with van der Waals surface area (Å²) in [6, 6.07) is 6.78. The minimum atomic E-state index is -0.682. The van der Waals surface area contributed by atoms with Crippen LogP contribution in [0.15, 0.2) is 40.7 Å². The summed E-state index contributed by atoms with van der Waals surface area (Å²) < 4.78 is 6.54. The number of nitrogens with zero attached hydrogens (tertiary/aromatic N) is 2. The van der Waals surface area contributed by atoms with E-state index >= 15 is 0 Å². The zero-order chi connectivity index (χ0) is 21.4. The third-order valence-electron chi connectivity index (χ3n) is 5.21. The molecular weight excluding hydrogens is 408 g/mol. The first kappa shape index (κ1) is 20.1. The molecule has 30 heavy (non-hydrogen) atoms. The first-order chi connectivity index (χ1) is 14.4. The Bertz CT molecular complexity index is 1140. The van der Waals surface area contributed by atoms with Gasteiger partial charge >= 0.3 is 0 Å². The fraction of sp³-hybridized carbons (Fsp3) is 0.273. The zero-order valence-corrected chi connectivity index (χ0v) is 17.0. The molecule has 1 unspecified atom stereocenters. The number of methoxy groups -OCH3 is 1. The van der Waals surface area contributed by atoms with Crippen LogP contribution in [-0.2, 0) is 9.59 Å². The molecule has 1 heterocycles. The fourth-order valence-corrected chi connectivity index (χ4v) is 3.96. The van der Waals surface area contributed by atoms with E-state index in [1.165, 1.54) is 11.7 Å². The molecule has 0 amide bonds. The molecule has 1 N–H and O–H groups in total. The highest BCUT2D eigenvalue weighted by Gasteiger charge is 2.31. The van der Waals surface area contributed by atoms with Crippen molar-refractivity contribution in [1.82, 2.24) is 9.55 Å². The Kier molecular flexibility index (Phi) is 5.30. The average Bonchev–Trinajstić information content (AvgIpc) is 2.73. The SMILES string of the molecule is COc1ccc(-n2c3c(nc(C(O)=C4C(=O)CCCC4=O)c2=O)C(Cl)CC=C3)cc1. The predicted molar refractivity (Wildman–Crippen MR) is 112 cm³/mol. The van der Waals surface area contributed by atoms with Gasteiger partial charge < -0.3 is 9.84 Å². The minimum Gasteiger partial charge on any atom is -0.505 e. The number of ether oxygens (including phenoxy) is 1. The van der Waals surface area contributed by atoms with E-state index in [1.54, 1.807) is 30.3 Å². The lowest BCUT2D eigenvalue weighted by Gasteiger charge is -2.22. The second-order valence-corrected chi connectivity index (χ2v) is 7.63. The van der Waals surface area contributed by atoms with Crippen molar-refractivity contribution in [3.05, 3.63) is 63.4 Å². The van der Waals surface area contributed by atoms with E-state index in [4.69, 9.17) is 16.3 Å². The molecular formula is C22H19ClN2O5. The maximum atomic E-state index is 13.4. The standard InChI is InChI=1S/C22H19ClN2O5/c1-30-13-10-8-12(9-11-13)25-15-5-2-4-14(23)19(15)24-20(22(25)29)21(28)18-16(26)6-3-7-17(18)27/h2,5,8-11,14,28H,3-4,6-7H2,1H3. The fourth-order valence-electron chi connectivity index (χ4n) is 3.70. The number of allylic oxidation sites excluding steroid dienone is 2. The van der Waals surface area contributed by atoms with Crippen LogP contribution in [0.5, 0.6) is 5.75 Å². The number of ketones is 2. The third kappa shape index (κ3) is 3.35. The van der Waals surface area contributed by atoms with E-state index in [0.717, 1.165) is 0 Å². The van der Waals surface area contributed by atoms with Crippen LogP contribution in [0.25, 0.3) is 17.5 Å². The number of carbonyl (C=O) groups excluding carboxylic acids is 2. The van der Waals surface area contributed by atoms with Gasteiger partial charge in [0.2, 0.25) is 0 Å². The van der Waals surface area contributed by atoms with Gasteiger partial charge in [-0.15, -0.1) is 11.6 Å². The van der Waals surface area contributed by atoms with Gasteiger partial charge in [-0.1, -0.05) is 6.08 Å². The molecule has 1 aromatic carbocycles. The Morgan fingerprint density at radius 2 is 1.83 bits per heavy atom. The average molecular weight is 427 g/mol. The molecule has 7 nitrogen and oxygen atoms in total. The highest BCUT2D eigenvalue weighted by Crippen LogP contribution is 2.33. The van der Waals surface area contributed by atoms with Crippen molar-refractivity contribution in [3.63, 3.8) is 0 Å². The van der Waals surface area contributed by atoms with Crippen molar-refractivity contribution in [2.24, 2.45) is 0 Å². The van der Waals surface area contributed by atoms with Crippen molar-refractivity contribution in [2.75, 3.05) is 7.11 Å². The molecule has 1 atom stereocenters. The van der Waals surface area contributed by atoms with Gasteiger partial charge in [0, 0.05) is 18.5 Å². The molecule has 0 bridgehead atoms. The molecule has 8 heteroatoms. The minimum absolute atomic E-state index is 0.142. The predicted octanol–water partition coefficient (Wildman–Crippen LogP) is 3.53. The number of benzene rings is 1. The lowest BCUT2D eigenvalue weighted by atomic mass is 9.90. The Labute approximate surface area is 177 Å². The molecule has 1 aromatic heterocycles. The number of hydrogen-bond donors (Lipinski definition) is 1. The van der Waals surface area contributed by atoms with E-state index in [2.05, 4.69) is 4.98 Å². The summed E-state index contributed by atoms with van der Waals surface area (Å²) in [5, 5.41) is 10.3. The highest BCUT2D eigenvalue weighted by molar-refractivity contribution is 6.25. The number of hydrogen-bond acceptors (Lipinski definition) is 6. The van der Waals surface area contributed by atoms with Crippen LogP contribution in [0.3, 0.4) is 0 Å². The molecule has 2 aromatic rings. The molecule has 1 fully saturated rings. The molecule has 0 saturated heterocycles. The molecule has 4 rings (SSSR count). The maximum absolute atomic E-state index is 13.4. The summed E-state index contributed by atoms with van der Waals surface area (Å²) in [7, 11) is 1.54. The van der Waals surface area contributed by atoms with Gasteiger partial charge in [0.25, 0.3) is 5.56 Å². The Balaban J connectivity index is 2.00. The number of aliphatic hydroxyl groups is 1. The summed E-state index contributed by atoms with van der Waals surface area (Å²) in [5.74, 6) is -1.04. The maximum Gasteiger partial charge on any atom is 0.285 e. The number of carbonyl (C=O) groups is 2. The molecule has 0 radical (unpaired) electrons. The molecule has 0 aliphatic heterocycles. The Hall–Kier alpha value is -3.19. The number of rotatable bonds is 3. The van der Waals surface area contributed by atoms with Crippen LogP contribution in [-0.4, -0.2) is 33.3 Å². The van der Waals surface area contributed by atoms with Crippen molar-refractivity contribution < 1.29 is 19.4 Å². The monoisotopic (exact) mass is 426 g/mol. The second-order valence-electron chi connectivity index (χ2n) is 7.10. The highest BCUT2D eigenvalue weighted by atomic mass is 35.5. The largest absolute Gasteiger partial charge is 0.505 e. The Morgan fingerprint density at radius 3 is 2.47 bits per heavy atom. The Morgan fingerprint density at radius 1 is 1.17 bits per heavy atom. The van der Waals surface area contributed by atoms with E-state index in [0.29, 0.717) is 35.7 Å². The number of fused-ring (bicyclic) bond motifs is 1. The third-order valence-corrected chi connectivity index (χ3v) is 5.60. The topological polar surface area (TPSA) is 98.5 Å². The normalized spacial score (nSPS) is 18.3. The summed E-state index contributed by atoms with van der Waals surface area (Å²) >= 11 is 6.45. The summed E-state index contributed by atoms with van der Waals surface area (Å²) in [5.41, 5.74) is 0.0288. The van der Waals surface area contributed by atoms with E-state index < -0.39 is 28.3 Å². The zero-order valence-electron chi connectivity index (χ0n) is 16.2. The van der Waals surface area contributed by atoms with Crippen LogP contribution in [0, 0.1) is 0 Å². The number of aliphatic hydroxyl groups excluding tert-OH is 1. The van der Waals surface area contributed by atoms with Gasteiger partial charge in [-0.3, -0.25) is 19.0 Å². The van der Waals surface area contributed by atoms with Gasteiger partial charge in [-0.2, -0.15) is 0 Å². The van der Waals surface area contributed by atoms with Gasteiger partial charge in [0.1, 0.15) is 11.3 Å². The molecule has 0 spiro atoms. The van der Waals surface area contributed by atoms with Gasteiger partial charge in [-0.05, 0) is 43.2 Å². The van der Waals surface area contributed by atoms with Crippen molar-refractivity contribution in [2.45, 2.75) is 31.1 Å². The van der Waals surface area contributed by atoms with E-state index in [9.17, 15) is 19.5 Å².